The van der Waals surface area contributed by atoms with Crippen LogP contribution in [0, 0.1) is 5.82 Å². The zero-order valence-corrected chi connectivity index (χ0v) is 18.6. The number of pyridine rings is 2. The molecule has 1 aromatic carbocycles. The van der Waals surface area contributed by atoms with E-state index in [2.05, 4.69) is 15.6 Å². The molecule has 3 aromatic heterocycles. The highest BCUT2D eigenvalue weighted by Crippen LogP contribution is 2.39. The number of fused-ring (bicyclic) bond motifs is 1. The second kappa shape index (κ2) is 10.3. The van der Waals surface area contributed by atoms with Gasteiger partial charge in [-0.15, -0.1) is 11.3 Å². The number of halogens is 1. The lowest BCUT2D eigenvalue weighted by molar-refractivity contribution is 0.199. The summed E-state index contributed by atoms with van der Waals surface area (Å²) in [5, 5.41) is 5.61. The van der Waals surface area contributed by atoms with Crippen LogP contribution in [0.3, 0.4) is 0 Å². The lowest BCUT2D eigenvalue weighted by Gasteiger charge is -2.09. The van der Waals surface area contributed by atoms with Crippen molar-refractivity contribution in [2.24, 2.45) is 5.73 Å². The molecule has 8 nitrogen and oxygen atoms in total. The second-order valence-electron chi connectivity index (χ2n) is 7.05. The SMILES string of the molecule is COCCNCc1cccc(-c2cc3nccc(Oc4ccc(NC(N)=O)cc4F)c3s2)n1. The third kappa shape index (κ3) is 5.61. The van der Waals surface area contributed by atoms with E-state index >= 15 is 0 Å². The Morgan fingerprint density at radius 3 is 2.85 bits per heavy atom. The lowest BCUT2D eigenvalue weighted by Crippen LogP contribution is -2.19. The van der Waals surface area contributed by atoms with Crippen molar-refractivity contribution in [3.05, 3.63) is 66.2 Å². The molecule has 0 aliphatic rings. The van der Waals surface area contributed by atoms with Gasteiger partial charge in [0.25, 0.3) is 0 Å². The second-order valence-corrected chi connectivity index (χ2v) is 8.11. The zero-order chi connectivity index (χ0) is 23.2. The van der Waals surface area contributed by atoms with Crippen molar-refractivity contribution in [1.82, 2.24) is 15.3 Å². The van der Waals surface area contributed by atoms with E-state index < -0.39 is 11.8 Å². The van der Waals surface area contributed by atoms with Crippen LogP contribution in [0.2, 0.25) is 0 Å². The van der Waals surface area contributed by atoms with Crippen LogP contribution < -0.4 is 21.1 Å². The highest BCUT2D eigenvalue weighted by atomic mass is 32.1. The number of ether oxygens (including phenoxy) is 2. The van der Waals surface area contributed by atoms with E-state index in [-0.39, 0.29) is 11.4 Å². The molecule has 0 bridgehead atoms. The Morgan fingerprint density at radius 1 is 1.18 bits per heavy atom. The summed E-state index contributed by atoms with van der Waals surface area (Å²) in [7, 11) is 1.67. The summed E-state index contributed by atoms with van der Waals surface area (Å²) in [5.74, 6) is -0.129. The standard InChI is InChI=1S/C23H22FN5O3S/c1-31-10-9-26-13-15-3-2-4-17(28-15)21-12-18-22(33-21)20(7-8-27-18)32-19-6-5-14(11-16(19)24)29-23(25)30/h2-8,11-12,26H,9-10,13H2,1H3,(H3,25,29,30). The van der Waals surface area contributed by atoms with E-state index in [0.29, 0.717) is 18.9 Å². The number of hydrogen-bond acceptors (Lipinski definition) is 7. The van der Waals surface area contributed by atoms with Crippen LogP contribution in [0.25, 0.3) is 20.8 Å². The number of hydrogen-bond donors (Lipinski definition) is 3. The molecule has 4 N–H and O–H groups in total. The molecule has 33 heavy (non-hydrogen) atoms. The minimum absolute atomic E-state index is 0.0229. The third-order valence-electron chi connectivity index (χ3n) is 4.64. The Labute approximate surface area is 193 Å². The smallest absolute Gasteiger partial charge is 0.316 e. The molecule has 0 aliphatic heterocycles. The fourth-order valence-electron chi connectivity index (χ4n) is 3.15. The van der Waals surface area contributed by atoms with Crippen molar-refractivity contribution in [1.29, 1.82) is 0 Å². The van der Waals surface area contributed by atoms with Gasteiger partial charge in [0.2, 0.25) is 0 Å². The van der Waals surface area contributed by atoms with Gasteiger partial charge in [0.1, 0.15) is 5.75 Å². The molecule has 0 radical (unpaired) electrons. The summed E-state index contributed by atoms with van der Waals surface area (Å²) in [6, 6.07) is 12.8. The Kier molecular flexibility index (Phi) is 7.08. The van der Waals surface area contributed by atoms with Crippen LogP contribution in [0.5, 0.6) is 11.5 Å². The van der Waals surface area contributed by atoms with Crippen LogP contribution in [-0.4, -0.2) is 36.3 Å². The van der Waals surface area contributed by atoms with Gasteiger partial charge in [-0.05, 0) is 30.3 Å². The zero-order valence-electron chi connectivity index (χ0n) is 17.8. The number of methoxy groups -OCH3 is 1. The average Bonchev–Trinajstić information content (AvgIpc) is 3.24. The number of nitrogens with zero attached hydrogens (tertiary/aromatic N) is 2. The number of primary amides is 1. The summed E-state index contributed by atoms with van der Waals surface area (Å²) in [6.07, 6.45) is 1.61. The van der Waals surface area contributed by atoms with E-state index in [0.717, 1.165) is 39.1 Å². The summed E-state index contributed by atoms with van der Waals surface area (Å²) in [4.78, 5) is 21.0. The van der Waals surface area contributed by atoms with Crippen molar-refractivity contribution in [3.63, 3.8) is 0 Å². The van der Waals surface area contributed by atoms with Gasteiger partial charge in [-0.3, -0.25) is 9.97 Å². The van der Waals surface area contributed by atoms with Gasteiger partial charge in [-0.25, -0.2) is 9.18 Å². The molecule has 4 rings (SSSR count). The van der Waals surface area contributed by atoms with Gasteiger partial charge < -0.3 is 25.8 Å². The highest BCUT2D eigenvalue weighted by Gasteiger charge is 2.14. The number of aromatic nitrogens is 2. The van der Waals surface area contributed by atoms with Crippen molar-refractivity contribution >= 4 is 33.3 Å². The normalized spacial score (nSPS) is 11.0. The topological polar surface area (TPSA) is 111 Å². The largest absolute Gasteiger partial charge is 0.453 e. The first kappa shape index (κ1) is 22.6. The van der Waals surface area contributed by atoms with Crippen molar-refractivity contribution in [2.45, 2.75) is 6.54 Å². The van der Waals surface area contributed by atoms with Gasteiger partial charge in [0.05, 0.1) is 33.1 Å². The van der Waals surface area contributed by atoms with Crippen LogP contribution in [0.15, 0.2) is 54.7 Å². The first-order valence-electron chi connectivity index (χ1n) is 10.1. The minimum Gasteiger partial charge on any atom is -0.453 e. The first-order chi connectivity index (χ1) is 16.0. The molecule has 0 spiro atoms. The fraction of sp³-hybridized carbons (Fsp3) is 0.174. The van der Waals surface area contributed by atoms with Gasteiger partial charge in [0, 0.05) is 44.2 Å². The van der Waals surface area contributed by atoms with E-state index in [9.17, 15) is 9.18 Å². The molecule has 170 valence electrons. The molecule has 0 saturated carbocycles. The van der Waals surface area contributed by atoms with Crippen LogP contribution in [0.4, 0.5) is 14.9 Å². The number of rotatable bonds is 9. The molecule has 0 atom stereocenters. The number of anilines is 1. The Balaban J connectivity index is 1.57. The molecule has 0 fully saturated rings. The molecule has 0 saturated heterocycles. The maximum Gasteiger partial charge on any atom is 0.316 e. The Morgan fingerprint density at radius 2 is 2.06 bits per heavy atom. The quantitative estimate of drug-likeness (QED) is 0.312. The molecule has 4 aromatic rings. The predicted octanol–water partition coefficient (Wildman–Crippen LogP) is 4.52. The summed E-state index contributed by atoms with van der Waals surface area (Å²) in [5.41, 5.74) is 7.78. The van der Waals surface area contributed by atoms with Gasteiger partial charge in [0.15, 0.2) is 11.6 Å². The lowest BCUT2D eigenvalue weighted by atomic mass is 10.2. The summed E-state index contributed by atoms with van der Waals surface area (Å²) < 4.78 is 26.2. The van der Waals surface area contributed by atoms with E-state index in [4.69, 9.17) is 20.2 Å². The number of nitrogens with two attached hydrogens (primary N) is 1. The number of carbonyl (C=O) groups excluding carboxylic acids is 1. The fourth-order valence-corrected chi connectivity index (χ4v) is 4.18. The molecular weight excluding hydrogens is 445 g/mol. The van der Waals surface area contributed by atoms with E-state index in [1.54, 1.807) is 19.4 Å². The Hall–Kier alpha value is -3.60. The third-order valence-corrected chi connectivity index (χ3v) is 5.80. The van der Waals surface area contributed by atoms with Crippen LogP contribution in [0.1, 0.15) is 5.69 Å². The van der Waals surface area contributed by atoms with Crippen LogP contribution >= 0.6 is 11.3 Å². The molecule has 0 aliphatic carbocycles. The summed E-state index contributed by atoms with van der Waals surface area (Å²) >= 11 is 1.47. The molecule has 3 heterocycles. The maximum atomic E-state index is 14.5. The monoisotopic (exact) mass is 467 g/mol. The molecule has 2 amide bonds. The molecular formula is C23H22FN5O3S. The van der Waals surface area contributed by atoms with E-state index in [1.807, 2.05) is 24.3 Å². The summed E-state index contributed by atoms with van der Waals surface area (Å²) in [6.45, 7) is 2.01. The Bertz CT molecular complexity index is 1280. The number of benzene rings is 1. The van der Waals surface area contributed by atoms with E-state index in [1.165, 1.54) is 23.5 Å². The van der Waals surface area contributed by atoms with Gasteiger partial charge in [-0.1, -0.05) is 6.07 Å². The van der Waals surface area contributed by atoms with Gasteiger partial charge >= 0.3 is 6.03 Å². The van der Waals surface area contributed by atoms with Crippen molar-refractivity contribution < 1.29 is 18.7 Å². The molecule has 10 heteroatoms. The maximum absolute atomic E-state index is 14.5. The number of urea groups is 1. The van der Waals surface area contributed by atoms with Crippen molar-refractivity contribution in [2.75, 3.05) is 25.6 Å². The molecule has 0 unspecified atom stereocenters. The minimum atomic E-state index is -0.770. The number of amides is 2. The van der Waals surface area contributed by atoms with Crippen LogP contribution in [-0.2, 0) is 11.3 Å². The van der Waals surface area contributed by atoms with Crippen molar-refractivity contribution in [3.8, 4) is 22.1 Å². The first-order valence-corrected chi connectivity index (χ1v) is 10.9. The number of nitrogens with one attached hydrogen (secondary N) is 2. The number of carbonyl (C=O) groups is 1. The number of thiophene rings is 1. The average molecular weight is 468 g/mol. The predicted molar refractivity (Wildman–Crippen MR) is 126 cm³/mol. The highest BCUT2D eigenvalue weighted by molar-refractivity contribution is 7.22. The van der Waals surface area contributed by atoms with Gasteiger partial charge in [-0.2, -0.15) is 0 Å².